The van der Waals surface area contributed by atoms with E-state index in [-0.39, 0.29) is 25.2 Å². The van der Waals surface area contributed by atoms with E-state index in [1.807, 2.05) is 0 Å². The molecule has 0 heterocycles. The molecular formula is C41H74O5. The van der Waals surface area contributed by atoms with Gasteiger partial charge in [0.25, 0.3) is 0 Å². The summed E-state index contributed by atoms with van der Waals surface area (Å²) in [5.74, 6) is -0.606. The van der Waals surface area contributed by atoms with Gasteiger partial charge in [0.05, 0.1) is 6.61 Å². The Labute approximate surface area is 285 Å². The van der Waals surface area contributed by atoms with Crippen molar-refractivity contribution < 1.29 is 24.2 Å². The van der Waals surface area contributed by atoms with E-state index in [1.54, 1.807) is 0 Å². The van der Waals surface area contributed by atoms with Crippen molar-refractivity contribution in [3.63, 3.8) is 0 Å². The average molecular weight is 647 g/mol. The largest absolute Gasteiger partial charge is 0.462 e. The van der Waals surface area contributed by atoms with Crippen LogP contribution in [0, 0.1) is 0 Å². The lowest BCUT2D eigenvalue weighted by Crippen LogP contribution is -2.28. The Morgan fingerprint density at radius 2 is 0.935 bits per heavy atom. The molecule has 0 fully saturated rings. The normalized spacial score (nSPS) is 12.5. The molecule has 0 aromatic carbocycles. The number of aliphatic hydroxyl groups excluding tert-OH is 1. The van der Waals surface area contributed by atoms with Gasteiger partial charge >= 0.3 is 11.9 Å². The zero-order valence-electron chi connectivity index (χ0n) is 30.3. The summed E-state index contributed by atoms with van der Waals surface area (Å²) in [4.78, 5) is 24.2. The number of hydrogen-bond acceptors (Lipinski definition) is 5. The third-order valence-electron chi connectivity index (χ3n) is 8.45. The molecule has 5 heteroatoms. The fourth-order valence-corrected chi connectivity index (χ4v) is 5.51. The van der Waals surface area contributed by atoms with Crippen LogP contribution in [0.5, 0.6) is 0 Å². The van der Waals surface area contributed by atoms with Crippen LogP contribution in [0.15, 0.2) is 36.5 Å². The van der Waals surface area contributed by atoms with E-state index < -0.39 is 6.10 Å². The Balaban J connectivity index is 3.55. The van der Waals surface area contributed by atoms with Crippen LogP contribution in [-0.4, -0.2) is 36.4 Å². The van der Waals surface area contributed by atoms with Crippen molar-refractivity contribution in [3.05, 3.63) is 36.5 Å². The number of allylic oxidation sites excluding steroid dienone is 6. The van der Waals surface area contributed by atoms with Crippen molar-refractivity contribution >= 4 is 11.9 Å². The van der Waals surface area contributed by atoms with Gasteiger partial charge in [-0.1, -0.05) is 172 Å². The molecule has 0 aromatic rings. The molecule has 0 spiro atoms. The molecule has 0 radical (unpaired) electrons. The fourth-order valence-electron chi connectivity index (χ4n) is 5.51. The summed E-state index contributed by atoms with van der Waals surface area (Å²) in [5, 5.41) is 9.54. The third kappa shape index (κ3) is 35.0. The Bertz CT molecular complexity index is 741. The van der Waals surface area contributed by atoms with Gasteiger partial charge < -0.3 is 14.6 Å². The highest BCUT2D eigenvalue weighted by atomic mass is 16.6. The van der Waals surface area contributed by atoms with Crippen LogP contribution in [0.1, 0.15) is 194 Å². The van der Waals surface area contributed by atoms with Crippen LogP contribution < -0.4 is 0 Å². The van der Waals surface area contributed by atoms with Gasteiger partial charge in [-0.2, -0.15) is 0 Å². The maximum atomic E-state index is 12.1. The molecular weight excluding hydrogens is 572 g/mol. The molecule has 0 amide bonds. The maximum absolute atomic E-state index is 12.1. The maximum Gasteiger partial charge on any atom is 0.306 e. The van der Waals surface area contributed by atoms with Gasteiger partial charge in [0.1, 0.15) is 6.61 Å². The number of esters is 2. The summed E-state index contributed by atoms with van der Waals surface area (Å²) in [7, 11) is 0. The zero-order valence-corrected chi connectivity index (χ0v) is 30.3. The first-order valence-corrected chi connectivity index (χ1v) is 19.5. The van der Waals surface area contributed by atoms with E-state index in [0.717, 1.165) is 70.6 Å². The van der Waals surface area contributed by atoms with Crippen LogP contribution in [0.3, 0.4) is 0 Å². The Kier molecular flexibility index (Phi) is 36.0. The fraction of sp³-hybridized carbons (Fsp3) is 0.805. The van der Waals surface area contributed by atoms with Gasteiger partial charge in [0.2, 0.25) is 0 Å². The molecule has 1 N–H and O–H groups in total. The van der Waals surface area contributed by atoms with Crippen LogP contribution in [0.4, 0.5) is 0 Å². The summed E-state index contributed by atoms with van der Waals surface area (Å²) < 4.78 is 10.6. The number of aliphatic hydroxyl groups is 1. The molecule has 5 nitrogen and oxygen atoms in total. The number of hydrogen-bond donors (Lipinski definition) is 1. The molecule has 0 aromatic heterocycles. The van der Waals surface area contributed by atoms with E-state index in [9.17, 15) is 14.7 Å². The standard InChI is InChI=1S/C41H74O5/c1-3-5-7-9-11-13-15-17-19-20-22-23-25-27-29-31-33-35-40(43)45-38-39(37-42)46-41(44)36-34-32-30-28-26-24-21-18-16-14-12-10-8-6-4-2/h6,8,12,14,18,21,39,42H,3-5,7,9-11,13,15-17,19-20,22-38H2,1-2H3/b8-6+,14-12+,21-18+/t39-/m0/s1. The van der Waals surface area contributed by atoms with E-state index in [1.165, 1.54) is 96.3 Å². The summed E-state index contributed by atoms with van der Waals surface area (Å²) >= 11 is 0. The SMILES string of the molecule is CC/C=C/C/C=C/C/C=C/CCCCCCCC(=O)O[C@@H](CO)COC(=O)CCCCCCCCCCCCCCCCCCC. The number of ether oxygens (including phenoxy) is 2. The molecule has 0 aliphatic heterocycles. The lowest BCUT2D eigenvalue weighted by Gasteiger charge is -2.15. The van der Waals surface area contributed by atoms with E-state index in [0.29, 0.717) is 12.8 Å². The highest BCUT2D eigenvalue weighted by Gasteiger charge is 2.16. The van der Waals surface area contributed by atoms with Crippen LogP contribution in [0.25, 0.3) is 0 Å². The van der Waals surface area contributed by atoms with Crippen molar-refractivity contribution in [3.8, 4) is 0 Å². The molecule has 0 saturated carbocycles. The zero-order chi connectivity index (χ0) is 33.6. The second-order valence-electron chi connectivity index (χ2n) is 13.0. The summed E-state index contributed by atoms with van der Waals surface area (Å²) in [6, 6.07) is 0. The molecule has 0 aliphatic rings. The molecule has 0 bridgehead atoms. The minimum absolute atomic E-state index is 0.0702. The molecule has 0 rings (SSSR count). The molecule has 0 saturated heterocycles. The Morgan fingerprint density at radius 1 is 0.522 bits per heavy atom. The monoisotopic (exact) mass is 647 g/mol. The third-order valence-corrected chi connectivity index (χ3v) is 8.45. The van der Waals surface area contributed by atoms with Gasteiger partial charge in [0.15, 0.2) is 6.10 Å². The van der Waals surface area contributed by atoms with Gasteiger partial charge in [-0.3, -0.25) is 9.59 Å². The second-order valence-corrected chi connectivity index (χ2v) is 13.0. The summed E-state index contributed by atoms with van der Waals surface area (Å²) in [6.45, 7) is 4.02. The topological polar surface area (TPSA) is 72.8 Å². The number of unbranched alkanes of at least 4 members (excludes halogenated alkanes) is 21. The smallest absolute Gasteiger partial charge is 0.306 e. The first kappa shape index (κ1) is 44.1. The van der Waals surface area contributed by atoms with Gasteiger partial charge in [-0.25, -0.2) is 0 Å². The minimum Gasteiger partial charge on any atom is -0.462 e. The van der Waals surface area contributed by atoms with Crippen LogP contribution >= 0.6 is 0 Å². The highest BCUT2D eigenvalue weighted by molar-refractivity contribution is 5.70. The van der Waals surface area contributed by atoms with Crippen molar-refractivity contribution in [2.75, 3.05) is 13.2 Å². The van der Waals surface area contributed by atoms with Crippen molar-refractivity contribution in [1.82, 2.24) is 0 Å². The quantitative estimate of drug-likeness (QED) is 0.0421. The minimum atomic E-state index is -0.776. The number of carbonyl (C=O) groups excluding carboxylic acids is 2. The Hall–Kier alpha value is -1.88. The van der Waals surface area contributed by atoms with Gasteiger partial charge in [-0.15, -0.1) is 0 Å². The lowest BCUT2D eigenvalue weighted by atomic mass is 10.0. The molecule has 0 aliphatic carbocycles. The summed E-state index contributed by atoms with van der Waals surface area (Å²) in [6.07, 6.45) is 44.9. The van der Waals surface area contributed by atoms with Crippen molar-refractivity contribution in [1.29, 1.82) is 0 Å². The van der Waals surface area contributed by atoms with Gasteiger partial charge in [0, 0.05) is 12.8 Å². The first-order valence-electron chi connectivity index (χ1n) is 19.5. The lowest BCUT2D eigenvalue weighted by molar-refractivity contribution is -0.161. The highest BCUT2D eigenvalue weighted by Crippen LogP contribution is 2.15. The molecule has 268 valence electrons. The molecule has 46 heavy (non-hydrogen) atoms. The Morgan fingerprint density at radius 3 is 1.41 bits per heavy atom. The van der Waals surface area contributed by atoms with E-state index in [2.05, 4.69) is 50.3 Å². The predicted octanol–water partition coefficient (Wildman–Crippen LogP) is 12.1. The number of rotatable bonds is 35. The molecule has 0 unspecified atom stereocenters. The van der Waals surface area contributed by atoms with Crippen LogP contribution in [-0.2, 0) is 19.1 Å². The summed E-state index contributed by atoms with van der Waals surface area (Å²) in [5.41, 5.74) is 0. The molecule has 1 atom stereocenters. The average Bonchev–Trinajstić information content (AvgIpc) is 3.06. The number of carbonyl (C=O) groups is 2. The predicted molar refractivity (Wildman–Crippen MR) is 196 cm³/mol. The first-order chi connectivity index (χ1) is 22.6. The second kappa shape index (κ2) is 37.6. The van der Waals surface area contributed by atoms with Gasteiger partial charge in [-0.05, 0) is 44.9 Å². The van der Waals surface area contributed by atoms with Crippen molar-refractivity contribution in [2.24, 2.45) is 0 Å². The van der Waals surface area contributed by atoms with E-state index >= 15 is 0 Å². The van der Waals surface area contributed by atoms with Crippen LogP contribution in [0.2, 0.25) is 0 Å². The van der Waals surface area contributed by atoms with E-state index in [4.69, 9.17) is 9.47 Å². The van der Waals surface area contributed by atoms with Crippen molar-refractivity contribution in [2.45, 2.75) is 200 Å².